The Morgan fingerprint density at radius 1 is 0.625 bits per heavy atom. The second-order valence-electron chi connectivity index (χ2n) is 5.37. The van der Waals surface area contributed by atoms with E-state index in [1.165, 1.54) is 0 Å². The van der Waals surface area contributed by atoms with Crippen LogP contribution < -0.4 is 0 Å². The van der Waals surface area contributed by atoms with E-state index >= 15 is 0 Å². The van der Waals surface area contributed by atoms with Gasteiger partial charge < -0.3 is 0 Å². The molecule has 0 aliphatic carbocycles. The molecule has 0 unspecified atom stereocenters. The van der Waals surface area contributed by atoms with E-state index in [1.54, 1.807) is 0 Å². The monoisotopic (exact) mass is 376 g/mol. The van der Waals surface area contributed by atoms with Crippen molar-refractivity contribution < 1.29 is 0 Å². The van der Waals surface area contributed by atoms with Crippen LogP contribution in [0.2, 0.25) is 0 Å². The van der Waals surface area contributed by atoms with E-state index in [1.807, 2.05) is 67.6 Å². The quantitative estimate of drug-likeness (QED) is 0.411. The number of hydrogen-bond acceptors (Lipinski definition) is 2. The first kappa shape index (κ1) is 16.3. The lowest BCUT2D eigenvalue weighted by molar-refractivity contribution is 1.22. The minimum atomic E-state index is 0.868. The Labute approximate surface area is 150 Å². The maximum Gasteiger partial charge on any atom is 0.100 e. The highest BCUT2D eigenvalue weighted by Gasteiger charge is 2.06. The van der Waals surface area contributed by atoms with Crippen LogP contribution in [0.4, 0.5) is 0 Å². The van der Waals surface area contributed by atoms with Crippen molar-refractivity contribution in [2.75, 3.05) is 0 Å². The van der Waals surface area contributed by atoms with Gasteiger partial charge in [0.1, 0.15) is 5.71 Å². The van der Waals surface area contributed by atoms with Crippen molar-refractivity contribution >= 4 is 27.4 Å². The van der Waals surface area contributed by atoms with E-state index in [9.17, 15) is 0 Å². The molecular formula is C21H17BrN2. The normalized spacial score (nSPS) is 11.2. The van der Waals surface area contributed by atoms with Crippen LogP contribution in [-0.2, 0) is 0 Å². The average molecular weight is 377 g/mol. The molecule has 3 heteroatoms. The SMILES string of the molecule is CC(=NN=C(c1ccccc1)c1ccccc1)c1ccc(Br)cc1. The van der Waals surface area contributed by atoms with Crippen molar-refractivity contribution in [2.45, 2.75) is 6.92 Å². The molecule has 0 atom stereocenters. The molecule has 0 saturated carbocycles. The van der Waals surface area contributed by atoms with Crippen LogP contribution in [0.25, 0.3) is 0 Å². The zero-order valence-corrected chi connectivity index (χ0v) is 14.9. The minimum Gasteiger partial charge on any atom is -0.155 e. The smallest absolute Gasteiger partial charge is 0.100 e. The standard InChI is InChI=1S/C21H17BrN2/c1-16(17-12-14-20(22)15-13-17)23-24-21(18-8-4-2-5-9-18)19-10-6-3-7-11-19/h2-15H,1H3. The molecule has 0 heterocycles. The van der Waals surface area contributed by atoms with Crippen molar-refractivity contribution in [3.8, 4) is 0 Å². The summed E-state index contributed by atoms with van der Waals surface area (Å²) in [6.45, 7) is 1.97. The maximum absolute atomic E-state index is 4.56. The first-order valence-electron chi connectivity index (χ1n) is 7.73. The lowest BCUT2D eigenvalue weighted by atomic mass is 10.0. The van der Waals surface area contributed by atoms with Gasteiger partial charge >= 0.3 is 0 Å². The second kappa shape index (κ2) is 7.84. The van der Waals surface area contributed by atoms with Crippen LogP contribution >= 0.6 is 15.9 Å². The first-order valence-corrected chi connectivity index (χ1v) is 8.52. The van der Waals surface area contributed by atoms with Crippen molar-refractivity contribution in [1.82, 2.24) is 0 Å². The lowest BCUT2D eigenvalue weighted by Gasteiger charge is -2.06. The molecule has 2 nitrogen and oxygen atoms in total. The van der Waals surface area contributed by atoms with Crippen LogP contribution in [0.5, 0.6) is 0 Å². The van der Waals surface area contributed by atoms with E-state index in [4.69, 9.17) is 0 Å². The van der Waals surface area contributed by atoms with Crippen LogP contribution in [0, 0.1) is 0 Å². The van der Waals surface area contributed by atoms with Crippen molar-refractivity contribution in [3.63, 3.8) is 0 Å². The predicted molar refractivity (Wildman–Crippen MR) is 105 cm³/mol. The highest BCUT2D eigenvalue weighted by molar-refractivity contribution is 9.10. The van der Waals surface area contributed by atoms with Crippen LogP contribution in [0.1, 0.15) is 23.6 Å². The Balaban J connectivity index is 2.01. The van der Waals surface area contributed by atoms with Gasteiger partial charge in [-0.15, -0.1) is 5.10 Å². The summed E-state index contributed by atoms with van der Waals surface area (Å²) in [6, 6.07) is 28.3. The van der Waals surface area contributed by atoms with Gasteiger partial charge in [0.15, 0.2) is 0 Å². The zero-order chi connectivity index (χ0) is 16.8. The Kier molecular flexibility index (Phi) is 5.34. The van der Waals surface area contributed by atoms with E-state index in [-0.39, 0.29) is 0 Å². The summed E-state index contributed by atoms with van der Waals surface area (Å²) in [5.41, 5.74) is 4.91. The van der Waals surface area contributed by atoms with Gasteiger partial charge in [0.2, 0.25) is 0 Å². The average Bonchev–Trinajstić information content (AvgIpc) is 2.64. The molecule has 0 spiro atoms. The molecule has 0 fully saturated rings. The fourth-order valence-electron chi connectivity index (χ4n) is 2.35. The number of halogens is 1. The number of nitrogens with zero attached hydrogens (tertiary/aromatic N) is 2. The molecule has 0 aliphatic rings. The lowest BCUT2D eigenvalue weighted by Crippen LogP contribution is -2.03. The van der Waals surface area contributed by atoms with Gasteiger partial charge in [-0.25, -0.2) is 0 Å². The summed E-state index contributed by atoms with van der Waals surface area (Å²) in [5, 5.41) is 9.02. The molecule has 3 rings (SSSR count). The topological polar surface area (TPSA) is 24.7 Å². The maximum atomic E-state index is 4.56. The molecule has 3 aromatic carbocycles. The molecule has 0 saturated heterocycles. The number of hydrogen-bond donors (Lipinski definition) is 0. The van der Waals surface area contributed by atoms with Gasteiger partial charge in [-0.05, 0) is 24.6 Å². The van der Waals surface area contributed by atoms with Crippen LogP contribution in [0.15, 0.2) is 99.6 Å². The molecular weight excluding hydrogens is 360 g/mol. The van der Waals surface area contributed by atoms with Crippen molar-refractivity contribution in [2.24, 2.45) is 10.2 Å². The Hall–Kier alpha value is -2.52. The molecule has 0 aliphatic heterocycles. The largest absolute Gasteiger partial charge is 0.155 e. The van der Waals surface area contributed by atoms with E-state index in [0.717, 1.165) is 32.6 Å². The Morgan fingerprint density at radius 2 is 1.12 bits per heavy atom. The summed E-state index contributed by atoms with van der Waals surface area (Å²) in [4.78, 5) is 0. The van der Waals surface area contributed by atoms with E-state index in [0.29, 0.717) is 0 Å². The Morgan fingerprint density at radius 3 is 1.62 bits per heavy atom. The van der Waals surface area contributed by atoms with Gasteiger partial charge in [0.05, 0.1) is 5.71 Å². The van der Waals surface area contributed by atoms with Crippen LogP contribution in [0.3, 0.4) is 0 Å². The molecule has 118 valence electrons. The zero-order valence-electron chi connectivity index (χ0n) is 13.4. The summed E-state index contributed by atoms with van der Waals surface area (Å²) in [6.07, 6.45) is 0. The summed E-state index contributed by atoms with van der Waals surface area (Å²) in [7, 11) is 0. The molecule has 0 aromatic heterocycles. The third kappa shape index (κ3) is 4.06. The summed E-state index contributed by atoms with van der Waals surface area (Å²) < 4.78 is 1.05. The Bertz CT molecular complexity index is 810. The molecule has 24 heavy (non-hydrogen) atoms. The molecule has 0 radical (unpaired) electrons. The highest BCUT2D eigenvalue weighted by atomic mass is 79.9. The second-order valence-corrected chi connectivity index (χ2v) is 6.29. The van der Waals surface area contributed by atoms with E-state index < -0.39 is 0 Å². The molecule has 0 amide bonds. The summed E-state index contributed by atoms with van der Waals surface area (Å²) in [5.74, 6) is 0. The fourth-order valence-corrected chi connectivity index (χ4v) is 2.61. The fraction of sp³-hybridized carbons (Fsp3) is 0.0476. The predicted octanol–water partition coefficient (Wildman–Crippen LogP) is 5.71. The van der Waals surface area contributed by atoms with Gasteiger partial charge in [-0.1, -0.05) is 88.7 Å². The number of benzene rings is 3. The van der Waals surface area contributed by atoms with Crippen LogP contribution in [-0.4, -0.2) is 11.4 Å². The van der Waals surface area contributed by atoms with Gasteiger partial charge in [-0.2, -0.15) is 5.10 Å². The summed E-state index contributed by atoms with van der Waals surface area (Å²) >= 11 is 3.45. The minimum absolute atomic E-state index is 0.868. The van der Waals surface area contributed by atoms with Crippen molar-refractivity contribution in [1.29, 1.82) is 0 Å². The van der Waals surface area contributed by atoms with Gasteiger partial charge in [-0.3, -0.25) is 0 Å². The third-order valence-electron chi connectivity index (χ3n) is 3.66. The number of rotatable bonds is 4. The van der Waals surface area contributed by atoms with Gasteiger partial charge in [0, 0.05) is 15.6 Å². The molecule has 0 N–H and O–H groups in total. The third-order valence-corrected chi connectivity index (χ3v) is 4.19. The van der Waals surface area contributed by atoms with E-state index in [2.05, 4.69) is 50.4 Å². The van der Waals surface area contributed by atoms with Crippen molar-refractivity contribution in [3.05, 3.63) is 106 Å². The first-order chi connectivity index (χ1) is 11.7. The molecule has 3 aromatic rings. The highest BCUT2D eigenvalue weighted by Crippen LogP contribution is 2.13. The molecule has 0 bridgehead atoms. The van der Waals surface area contributed by atoms with Gasteiger partial charge in [0.25, 0.3) is 0 Å².